The summed E-state index contributed by atoms with van der Waals surface area (Å²) in [6.45, 7) is 2.04. The number of hydrogen-bond acceptors (Lipinski definition) is 6. The Morgan fingerprint density at radius 3 is 3.00 bits per heavy atom. The van der Waals surface area contributed by atoms with E-state index in [9.17, 15) is 9.90 Å². The fraction of sp³-hybridized carbons (Fsp3) is 0.250. The van der Waals surface area contributed by atoms with Crippen molar-refractivity contribution in [2.24, 2.45) is 0 Å². The van der Waals surface area contributed by atoms with Gasteiger partial charge in [0.2, 0.25) is 0 Å². The van der Waals surface area contributed by atoms with Crippen molar-refractivity contribution in [3.05, 3.63) is 57.9 Å². The van der Waals surface area contributed by atoms with Crippen molar-refractivity contribution in [3.63, 3.8) is 0 Å². The van der Waals surface area contributed by atoms with Gasteiger partial charge in [-0.2, -0.15) is 4.68 Å². The van der Waals surface area contributed by atoms with E-state index in [1.54, 1.807) is 0 Å². The number of ether oxygens (including phenoxy) is 1. The summed E-state index contributed by atoms with van der Waals surface area (Å²) in [7, 11) is 0. The van der Waals surface area contributed by atoms with Gasteiger partial charge < -0.3 is 14.3 Å². The van der Waals surface area contributed by atoms with E-state index in [4.69, 9.17) is 9.15 Å². The van der Waals surface area contributed by atoms with E-state index in [0.29, 0.717) is 5.75 Å². The zero-order chi connectivity index (χ0) is 16.2. The first-order valence-electron chi connectivity index (χ1n) is 7.11. The summed E-state index contributed by atoms with van der Waals surface area (Å²) < 4.78 is 11.7. The lowest BCUT2D eigenvalue weighted by atomic mass is 10.2. The summed E-state index contributed by atoms with van der Waals surface area (Å²) >= 11 is 1.43. The number of rotatable bonds is 6. The van der Waals surface area contributed by atoms with Gasteiger partial charge in [-0.3, -0.25) is 0 Å². The number of aliphatic hydroxyl groups excluding tert-OH is 1. The molecule has 2 heterocycles. The highest BCUT2D eigenvalue weighted by Crippen LogP contribution is 2.21. The average Bonchev–Trinajstić information content (AvgIpc) is 3.16. The van der Waals surface area contributed by atoms with Crippen molar-refractivity contribution >= 4 is 11.3 Å². The molecule has 0 bridgehead atoms. The smallest absolute Gasteiger partial charge is 0.437 e. The zero-order valence-corrected chi connectivity index (χ0v) is 13.3. The van der Waals surface area contributed by atoms with Crippen LogP contribution in [0.4, 0.5) is 0 Å². The molecule has 23 heavy (non-hydrogen) atoms. The van der Waals surface area contributed by atoms with Crippen LogP contribution in [0.3, 0.4) is 0 Å². The molecule has 3 rings (SSSR count). The van der Waals surface area contributed by atoms with Crippen LogP contribution in [0.15, 0.2) is 51.0 Å². The lowest BCUT2D eigenvalue weighted by molar-refractivity contribution is 0.0875. The number of benzene rings is 1. The molecule has 0 aliphatic heterocycles. The molecule has 6 nitrogen and oxygen atoms in total. The van der Waals surface area contributed by atoms with E-state index >= 15 is 0 Å². The van der Waals surface area contributed by atoms with Crippen LogP contribution in [-0.2, 0) is 6.54 Å². The molecular formula is C16H16N2O4S. The highest BCUT2D eigenvalue weighted by molar-refractivity contribution is 7.13. The van der Waals surface area contributed by atoms with Gasteiger partial charge in [0.1, 0.15) is 18.5 Å². The summed E-state index contributed by atoms with van der Waals surface area (Å²) in [5, 5.41) is 16.0. The topological polar surface area (TPSA) is 77.5 Å². The van der Waals surface area contributed by atoms with Crippen molar-refractivity contribution in [2.45, 2.75) is 19.6 Å². The number of hydrogen-bond donors (Lipinski definition) is 1. The van der Waals surface area contributed by atoms with Crippen molar-refractivity contribution in [1.82, 2.24) is 9.78 Å². The molecule has 3 aromatic rings. The van der Waals surface area contributed by atoms with Crippen molar-refractivity contribution in [3.8, 4) is 16.5 Å². The minimum absolute atomic E-state index is 0.0134. The van der Waals surface area contributed by atoms with E-state index < -0.39 is 11.9 Å². The summed E-state index contributed by atoms with van der Waals surface area (Å²) in [6.07, 6.45) is -0.866. The third kappa shape index (κ3) is 3.88. The molecule has 0 fully saturated rings. The third-order valence-electron chi connectivity index (χ3n) is 3.15. The van der Waals surface area contributed by atoms with Gasteiger partial charge in [0.25, 0.3) is 5.89 Å². The first-order chi connectivity index (χ1) is 11.1. The van der Waals surface area contributed by atoms with Crippen LogP contribution in [0.2, 0.25) is 0 Å². The van der Waals surface area contributed by atoms with Gasteiger partial charge in [-0.25, -0.2) is 4.79 Å². The normalized spacial score (nSPS) is 12.3. The quantitative estimate of drug-likeness (QED) is 0.749. The van der Waals surface area contributed by atoms with Gasteiger partial charge in [0.15, 0.2) is 0 Å². The molecule has 1 unspecified atom stereocenters. The van der Waals surface area contributed by atoms with Gasteiger partial charge in [0, 0.05) is 0 Å². The van der Waals surface area contributed by atoms with Crippen molar-refractivity contribution in [2.75, 3.05) is 6.61 Å². The molecule has 0 aliphatic rings. The molecule has 0 aliphatic carbocycles. The predicted molar refractivity (Wildman–Crippen MR) is 86.8 cm³/mol. The summed E-state index contributed by atoms with van der Waals surface area (Å²) in [4.78, 5) is 12.5. The molecular weight excluding hydrogens is 316 g/mol. The van der Waals surface area contributed by atoms with Crippen molar-refractivity contribution < 1.29 is 14.3 Å². The van der Waals surface area contributed by atoms with Gasteiger partial charge in [-0.1, -0.05) is 18.2 Å². The standard InChI is InChI=1S/C16H16N2O4S/c1-11-4-2-5-13(8-11)21-10-12(19)9-18-16(20)22-15(17-18)14-6-3-7-23-14/h2-8,12,19H,9-10H2,1H3. The van der Waals surface area contributed by atoms with Crippen LogP contribution in [0.1, 0.15) is 5.56 Å². The number of aliphatic hydroxyl groups is 1. The molecule has 0 saturated heterocycles. The molecule has 2 aromatic heterocycles. The Morgan fingerprint density at radius 1 is 1.39 bits per heavy atom. The second-order valence-corrected chi connectivity index (χ2v) is 6.06. The number of nitrogens with zero attached hydrogens (tertiary/aromatic N) is 2. The maximum Gasteiger partial charge on any atom is 0.437 e. The van der Waals surface area contributed by atoms with Crippen LogP contribution in [0.25, 0.3) is 10.8 Å². The Bertz CT molecular complexity index is 823. The second kappa shape index (κ2) is 6.80. The molecule has 0 spiro atoms. The van der Waals surface area contributed by atoms with Gasteiger partial charge in [0.05, 0.1) is 11.4 Å². The van der Waals surface area contributed by atoms with Crippen LogP contribution in [0.5, 0.6) is 5.75 Å². The molecule has 120 valence electrons. The van der Waals surface area contributed by atoms with Crippen LogP contribution >= 0.6 is 11.3 Å². The number of aromatic nitrogens is 2. The van der Waals surface area contributed by atoms with E-state index in [2.05, 4.69) is 5.10 Å². The van der Waals surface area contributed by atoms with Crippen LogP contribution in [0, 0.1) is 6.92 Å². The maximum atomic E-state index is 11.8. The van der Waals surface area contributed by atoms with Crippen molar-refractivity contribution in [1.29, 1.82) is 0 Å². The Labute approximate surface area is 136 Å². The minimum Gasteiger partial charge on any atom is -0.491 e. The first kappa shape index (κ1) is 15.5. The summed E-state index contributed by atoms with van der Waals surface area (Å²) in [5.74, 6) is 0.343. The molecule has 0 radical (unpaired) electrons. The van der Waals surface area contributed by atoms with Gasteiger partial charge in [-0.15, -0.1) is 16.4 Å². The molecule has 0 saturated carbocycles. The number of thiophene rings is 1. The average molecular weight is 332 g/mol. The van der Waals surface area contributed by atoms with Gasteiger partial charge in [-0.05, 0) is 36.1 Å². The molecule has 1 aromatic carbocycles. The fourth-order valence-corrected chi connectivity index (χ4v) is 2.72. The Balaban J connectivity index is 1.62. The van der Waals surface area contributed by atoms with Gasteiger partial charge >= 0.3 is 5.76 Å². The fourth-order valence-electron chi connectivity index (χ4n) is 2.07. The third-order valence-corrected chi connectivity index (χ3v) is 4.01. The predicted octanol–water partition coefficient (Wildman–Crippen LogP) is 2.31. The maximum absolute atomic E-state index is 11.8. The monoisotopic (exact) mass is 332 g/mol. The van der Waals surface area contributed by atoms with E-state index in [0.717, 1.165) is 15.1 Å². The highest BCUT2D eigenvalue weighted by Gasteiger charge is 2.15. The lowest BCUT2D eigenvalue weighted by Gasteiger charge is -2.11. The zero-order valence-electron chi connectivity index (χ0n) is 12.5. The largest absolute Gasteiger partial charge is 0.491 e. The molecule has 1 atom stereocenters. The molecule has 7 heteroatoms. The summed E-state index contributed by atoms with van der Waals surface area (Å²) in [5.41, 5.74) is 1.07. The first-order valence-corrected chi connectivity index (χ1v) is 7.99. The Kier molecular flexibility index (Phi) is 4.59. The Morgan fingerprint density at radius 2 is 2.26 bits per heavy atom. The second-order valence-electron chi connectivity index (χ2n) is 5.11. The minimum atomic E-state index is -0.866. The van der Waals surface area contributed by atoms with Crippen LogP contribution < -0.4 is 10.5 Å². The molecule has 0 amide bonds. The van der Waals surface area contributed by atoms with E-state index in [-0.39, 0.29) is 19.0 Å². The van der Waals surface area contributed by atoms with E-state index in [1.807, 2.05) is 48.7 Å². The Hall–Kier alpha value is -2.38. The summed E-state index contributed by atoms with van der Waals surface area (Å²) in [6, 6.07) is 11.2. The van der Waals surface area contributed by atoms with Crippen LogP contribution in [-0.4, -0.2) is 27.6 Å². The van der Waals surface area contributed by atoms with E-state index in [1.165, 1.54) is 11.3 Å². The number of aryl methyl sites for hydroxylation is 1. The molecule has 1 N–H and O–H groups in total. The lowest BCUT2D eigenvalue weighted by Crippen LogP contribution is -2.29. The SMILES string of the molecule is Cc1cccc(OCC(O)Cn2nc(-c3cccs3)oc2=O)c1. The highest BCUT2D eigenvalue weighted by atomic mass is 32.1.